The molecular formula is C15H14F3NO. The number of anilines is 1. The predicted octanol–water partition coefficient (Wildman–Crippen LogP) is 3.56. The van der Waals surface area contributed by atoms with Gasteiger partial charge in [0.1, 0.15) is 5.82 Å². The topological polar surface area (TPSA) is 32.3 Å². The van der Waals surface area contributed by atoms with Gasteiger partial charge in [-0.1, -0.05) is 6.07 Å². The van der Waals surface area contributed by atoms with Gasteiger partial charge < -0.3 is 10.4 Å². The summed E-state index contributed by atoms with van der Waals surface area (Å²) in [5, 5.41) is 12.9. The van der Waals surface area contributed by atoms with E-state index in [0.29, 0.717) is 11.3 Å². The Hall–Kier alpha value is -2.01. The summed E-state index contributed by atoms with van der Waals surface area (Å²) in [6.07, 6.45) is -0.991. The van der Waals surface area contributed by atoms with Crippen molar-refractivity contribution in [1.82, 2.24) is 0 Å². The Balaban J connectivity index is 2.04. The molecule has 0 fully saturated rings. The van der Waals surface area contributed by atoms with Crippen LogP contribution in [-0.2, 0) is 0 Å². The summed E-state index contributed by atoms with van der Waals surface area (Å²) in [6, 6.07) is 7.48. The molecule has 2 N–H and O–H groups in total. The fourth-order valence-corrected chi connectivity index (χ4v) is 1.87. The molecule has 2 rings (SSSR count). The van der Waals surface area contributed by atoms with Crippen LogP contribution in [0.4, 0.5) is 18.9 Å². The maximum Gasteiger partial charge on any atom is 0.159 e. The second kappa shape index (κ2) is 5.96. The average Bonchev–Trinajstić information content (AvgIpc) is 2.40. The zero-order chi connectivity index (χ0) is 14.7. The SMILES string of the molecule is Cc1cc(F)ccc1NCC(O)c1ccc(F)c(F)c1. The van der Waals surface area contributed by atoms with Gasteiger partial charge in [-0.05, 0) is 48.4 Å². The molecule has 0 radical (unpaired) electrons. The predicted molar refractivity (Wildman–Crippen MR) is 70.9 cm³/mol. The number of aliphatic hydroxyl groups is 1. The van der Waals surface area contributed by atoms with Gasteiger partial charge in [0.15, 0.2) is 11.6 Å². The molecule has 0 saturated carbocycles. The lowest BCUT2D eigenvalue weighted by Crippen LogP contribution is -2.13. The van der Waals surface area contributed by atoms with Crippen LogP contribution in [0.2, 0.25) is 0 Å². The third kappa shape index (κ3) is 3.30. The second-order valence-corrected chi connectivity index (χ2v) is 4.53. The second-order valence-electron chi connectivity index (χ2n) is 4.53. The molecule has 1 unspecified atom stereocenters. The fourth-order valence-electron chi connectivity index (χ4n) is 1.87. The molecule has 0 aliphatic carbocycles. The summed E-state index contributed by atoms with van der Waals surface area (Å²) in [5.74, 6) is -2.29. The zero-order valence-corrected chi connectivity index (χ0v) is 10.8. The average molecular weight is 281 g/mol. The van der Waals surface area contributed by atoms with Crippen LogP contribution in [0.5, 0.6) is 0 Å². The highest BCUT2D eigenvalue weighted by atomic mass is 19.2. The number of nitrogens with one attached hydrogen (secondary N) is 1. The summed E-state index contributed by atoms with van der Waals surface area (Å²) in [7, 11) is 0. The van der Waals surface area contributed by atoms with Crippen molar-refractivity contribution in [2.45, 2.75) is 13.0 Å². The van der Waals surface area contributed by atoms with Gasteiger partial charge in [-0.3, -0.25) is 0 Å². The lowest BCUT2D eigenvalue weighted by Gasteiger charge is -2.15. The van der Waals surface area contributed by atoms with Crippen molar-refractivity contribution in [3.8, 4) is 0 Å². The maximum atomic E-state index is 13.1. The summed E-state index contributed by atoms with van der Waals surface area (Å²) < 4.78 is 38.8. The summed E-state index contributed by atoms with van der Waals surface area (Å²) in [6.45, 7) is 1.84. The van der Waals surface area contributed by atoms with E-state index in [1.807, 2.05) is 0 Å². The van der Waals surface area contributed by atoms with Gasteiger partial charge in [-0.15, -0.1) is 0 Å². The van der Waals surface area contributed by atoms with Crippen LogP contribution in [0.15, 0.2) is 36.4 Å². The minimum Gasteiger partial charge on any atom is -0.387 e. The molecule has 106 valence electrons. The standard InChI is InChI=1S/C15H14F3NO/c1-9-6-11(16)3-5-14(9)19-8-15(20)10-2-4-12(17)13(18)7-10/h2-7,15,19-20H,8H2,1H3. The largest absolute Gasteiger partial charge is 0.387 e. The normalized spacial score (nSPS) is 12.2. The number of halogens is 3. The highest BCUT2D eigenvalue weighted by molar-refractivity contribution is 5.50. The molecule has 0 spiro atoms. The number of benzene rings is 2. The van der Waals surface area contributed by atoms with E-state index >= 15 is 0 Å². The van der Waals surface area contributed by atoms with E-state index in [9.17, 15) is 18.3 Å². The summed E-state index contributed by atoms with van der Waals surface area (Å²) in [5.41, 5.74) is 1.65. The molecule has 0 amide bonds. The minimum atomic E-state index is -1.00. The molecule has 0 aromatic heterocycles. The Kier molecular flexibility index (Phi) is 4.29. The van der Waals surface area contributed by atoms with E-state index in [0.717, 1.165) is 12.1 Å². The Morgan fingerprint density at radius 2 is 1.80 bits per heavy atom. The maximum absolute atomic E-state index is 13.1. The molecule has 1 atom stereocenters. The van der Waals surface area contributed by atoms with Crippen molar-refractivity contribution < 1.29 is 18.3 Å². The van der Waals surface area contributed by atoms with Crippen LogP contribution in [0.1, 0.15) is 17.2 Å². The van der Waals surface area contributed by atoms with Crippen molar-refractivity contribution in [1.29, 1.82) is 0 Å². The van der Waals surface area contributed by atoms with Crippen LogP contribution in [0.25, 0.3) is 0 Å². The van der Waals surface area contributed by atoms with Gasteiger partial charge in [0.2, 0.25) is 0 Å². The van der Waals surface area contributed by atoms with Crippen LogP contribution in [0, 0.1) is 24.4 Å². The van der Waals surface area contributed by atoms with E-state index in [-0.39, 0.29) is 17.9 Å². The molecule has 0 aliphatic heterocycles. The first-order valence-electron chi connectivity index (χ1n) is 6.10. The van der Waals surface area contributed by atoms with Crippen LogP contribution in [-0.4, -0.2) is 11.7 Å². The molecule has 5 heteroatoms. The molecule has 20 heavy (non-hydrogen) atoms. The number of aryl methyl sites for hydroxylation is 1. The molecule has 2 nitrogen and oxygen atoms in total. The Labute approximate surface area is 114 Å². The lowest BCUT2D eigenvalue weighted by atomic mass is 10.1. The van der Waals surface area contributed by atoms with Crippen molar-refractivity contribution in [2.75, 3.05) is 11.9 Å². The first kappa shape index (κ1) is 14.4. The smallest absolute Gasteiger partial charge is 0.159 e. The number of hydrogen-bond donors (Lipinski definition) is 2. The quantitative estimate of drug-likeness (QED) is 0.898. The van der Waals surface area contributed by atoms with Crippen LogP contribution >= 0.6 is 0 Å². The molecule has 2 aromatic rings. The van der Waals surface area contributed by atoms with Crippen molar-refractivity contribution in [3.63, 3.8) is 0 Å². The van der Waals surface area contributed by atoms with E-state index in [1.54, 1.807) is 13.0 Å². The number of aliphatic hydroxyl groups excluding tert-OH is 1. The van der Waals surface area contributed by atoms with Crippen molar-refractivity contribution in [2.24, 2.45) is 0 Å². The fraction of sp³-hybridized carbons (Fsp3) is 0.200. The van der Waals surface area contributed by atoms with Crippen molar-refractivity contribution >= 4 is 5.69 Å². The third-order valence-electron chi connectivity index (χ3n) is 3.00. The zero-order valence-electron chi connectivity index (χ0n) is 10.8. The third-order valence-corrected chi connectivity index (χ3v) is 3.00. The van der Waals surface area contributed by atoms with E-state index in [1.165, 1.54) is 18.2 Å². The van der Waals surface area contributed by atoms with Gasteiger partial charge in [0, 0.05) is 12.2 Å². The van der Waals surface area contributed by atoms with E-state index in [4.69, 9.17) is 0 Å². The molecule has 0 heterocycles. The first-order valence-corrected chi connectivity index (χ1v) is 6.10. The van der Waals surface area contributed by atoms with Crippen LogP contribution < -0.4 is 5.32 Å². The number of rotatable bonds is 4. The van der Waals surface area contributed by atoms with Gasteiger partial charge >= 0.3 is 0 Å². The van der Waals surface area contributed by atoms with Crippen molar-refractivity contribution in [3.05, 3.63) is 65.0 Å². The van der Waals surface area contributed by atoms with Gasteiger partial charge in [0.25, 0.3) is 0 Å². The summed E-state index contributed by atoms with van der Waals surface area (Å²) >= 11 is 0. The number of hydrogen-bond acceptors (Lipinski definition) is 2. The molecular weight excluding hydrogens is 267 g/mol. The molecule has 0 aliphatic rings. The van der Waals surface area contributed by atoms with Gasteiger partial charge in [-0.2, -0.15) is 0 Å². The van der Waals surface area contributed by atoms with Gasteiger partial charge in [0.05, 0.1) is 6.10 Å². The van der Waals surface area contributed by atoms with E-state index in [2.05, 4.69) is 5.32 Å². The highest BCUT2D eigenvalue weighted by Crippen LogP contribution is 2.19. The molecule has 2 aromatic carbocycles. The Bertz CT molecular complexity index is 616. The van der Waals surface area contributed by atoms with Gasteiger partial charge in [-0.25, -0.2) is 13.2 Å². The Morgan fingerprint density at radius 1 is 1.05 bits per heavy atom. The highest BCUT2D eigenvalue weighted by Gasteiger charge is 2.11. The summed E-state index contributed by atoms with van der Waals surface area (Å²) in [4.78, 5) is 0. The lowest BCUT2D eigenvalue weighted by molar-refractivity contribution is 0.191. The first-order chi connectivity index (χ1) is 9.47. The minimum absolute atomic E-state index is 0.109. The van der Waals surface area contributed by atoms with Crippen LogP contribution in [0.3, 0.4) is 0 Å². The van der Waals surface area contributed by atoms with E-state index < -0.39 is 17.7 Å². The molecule has 0 saturated heterocycles. The monoisotopic (exact) mass is 281 g/mol. The molecule has 0 bridgehead atoms. The Morgan fingerprint density at radius 3 is 2.45 bits per heavy atom.